The van der Waals surface area contributed by atoms with Crippen LogP contribution in [-0.4, -0.2) is 41.6 Å². The normalized spacial score (nSPS) is 19.3. The Labute approximate surface area is 149 Å². The number of pyridine rings is 1. The standard InChI is InChI=1S/C20H25N3O2/c1-16(18-8-5-9-21-13-18)22-20(24)12-19-15-23(10-11-25-19)14-17-6-3-2-4-7-17/h2-9,13,16,19H,10-12,14-15H2,1H3,(H,22,24)/t16-,19-/m0/s1. The van der Waals surface area contributed by atoms with Crippen LogP contribution >= 0.6 is 0 Å². The Kier molecular flexibility index (Phi) is 6.14. The van der Waals surface area contributed by atoms with Crippen LogP contribution in [0.2, 0.25) is 0 Å². The van der Waals surface area contributed by atoms with E-state index in [0.717, 1.165) is 25.2 Å². The van der Waals surface area contributed by atoms with Crippen molar-refractivity contribution >= 4 is 5.91 Å². The first-order chi connectivity index (χ1) is 12.2. The van der Waals surface area contributed by atoms with Crippen LogP contribution in [0.4, 0.5) is 0 Å². The van der Waals surface area contributed by atoms with Gasteiger partial charge in [-0.25, -0.2) is 0 Å². The third-order valence-electron chi connectivity index (χ3n) is 4.45. The summed E-state index contributed by atoms with van der Waals surface area (Å²) in [4.78, 5) is 18.8. The Bertz CT molecular complexity index is 663. The molecular formula is C20H25N3O2. The van der Waals surface area contributed by atoms with Crippen LogP contribution in [0.25, 0.3) is 0 Å². The average molecular weight is 339 g/mol. The topological polar surface area (TPSA) is 54.5 Å². The third kappa shape index (κ3) is 5.37. The van der Waals surface area contributed by atoms with Gasteiger partial charge in [0.15, 0.2) is 0 Å². The summed E-state index contributed by atoms with van der Waals surface area (Å²) in [6.07, 6.45) is 3.84. The molecule has 5 heteroatoms. The Morgan fingerprint density at radius 1 is 1.32 bits per heavy atom. The fourth-order valence-electron chi connectivity index (χ4n) is 3.11. The highest BCUT2D eigenvalue weighted by Crippen LogP contribution is 2.14. The number of ether oxygens (including phenoxy) is 1. The summed E-state index contributed by atoms with van der Waals surface area (Å²) in [7, 11) is 0. The van der Waals surface area contributed by atoms with E-state index in [9.17, 15) is 4.79 Å². The second-order valence-corrected chi connectivity index (χ2v) is 6.49. The molecule has 1 saturated heterocycles. The van der Waals surface area contributed by atoms with Crippen LogP contribution in [0, 0.1) is 0 Å². The molecule has 132 valence electrons. The molecule has 0 aliphatic carbocycles. The fraction of sp³-hybridized carbons (Fsp3) is 0.400. The Hall–Kier alpha value is -2.24. The maximum Gasteiger partial charge on any atom is 0.223 e. The zero-order valence-electron chi connectivity index (χ0n) is 14.6. The monoisotopic (exact) mass is 339 g/mol. The number of rotatable bonds is 6. The molecule has 0 spiro atoms. The molecule has 2 aromatic rings. The van der Waals surface area contributed by atoms with Crippen molar-refractivity contribution in [3.63, 3.8) is 0 Å². The van der Waals surface area contributed by atoms with E-state index in [1.807, 2.05) is 25.1 Å². The number of hydrogen-bond donors (Lipinski definition) is 1. The van der Waals surface area contributed by atoms with Gasteiger partial charge < -0.3 is 10.1 Å². The highest BCUT2D eigenvalue weighted by Gasteiger charge is 2.23. The number of morpholine rings is 1. The van der Waals surface area contributed by atoms with Crippen molar-refractivity contribution < 1.29 is 9.53 Å². The minimum atomic E-state index is -0.0569. The molecule has 0 saturated carbocycles. The van der Waals surface area contributed by atoms with Gasteiger partial charge in [0.1, 0.15) is 0 Å². The first-order valence-electron chi connectivity index (χ1n) is 8.78. The molecule has 1 fully saturated rings. The minimum absolute atomic E-state index is 0.0166. The molecule has 1 amide bonds. The minimum Gasteiger partial charge on any atom is -0.375 e. The van der Waals surface area contributed by atoms with Crippen molar-refractivity contribution in [3.05, 3.63) is 66.0 Å². The summed E-state index contributed by atoms with van der Waals surface area (Å²) in [6.45, 7) is 5.22. The van der Waals surface area contributed by atoms with Crippen molar-refractivity contribution in [2.75, 3.05) is 19.7 Å². The van der Waals surface area contributed by atoms with Crippen molar-refractivity contribution in [2.45, 2.75) is 32.0 Å². The second kappa shape index (κ2) is 8.74. The van der Waals surface area contributed by atoms with Crippen molar-refractivity contribution in [1.82, 2.24) is 15.2 Å². The van der Waals surface area contributed by atoms with E-state index < -0.39 is 0 Å². The SMILES string of the molecule is C[C@H](NC(=O)C[C@H]1CN(Cc2ccccc2)CCO1)c1cccnc1. The van der Waals surface area contributed by atoms with E-state index in [1.165, 1.54) is 5.56 Å². The van der Waals surface area contributed by atoms with Crippen LogP contribution in [-0.2, 0) is 16.1 Å². The molecule has 5 nitrogen and oxygen atoms in total. The number of hydrogen-bond acceptors (Lipinski definition) is 4. The second-order valence-electron chi connectivity index (χ2n) is 6.49. The molecule has 0 bridgehead atoms. The lowest BCUT2D eigenvalue weighted by Crippen LogP contribution is -2.44. The molecule has 25 heavy (non-hydrogen) atoms. The fourth-order valence-corrected chi connectivity index (χ4v) is 3.11. The van der Waals surface area contributed by atoms with E-state index in [0.29, 0.717) is 13.0 Å². The Balaban J connectivity index is 1.48. The number of carbonyl (C=O) groups is 1. The lowest BCUT2D eigenvalue weighted by Gasteiger charge is -2.32. The molecule has 2 atom stereocenters. The van der Waals surface area contributed by atoms with E-state index in [2.05, 4.69) is 39.5 Å². The van der Waals surface area contributed by atoms with Crippen molar-refractivity contribution in [1.29, 1.82) is 0 Å². The molecule has 1 N–H and O–H groups in total. The van der Waals surface area contributed by atoms with Gasteiger partial charge >= 0.3 is 0 Å². The van der Waals surface area contributed by atoms with Crippen LogP contribution in [0.15, 0.2) is 54.9 Å². The molecule has 3 rings (SSSR count). The summed E-state index contributed by atoms with van der Waals surface area (Å²) < 4.78 is 5.79. The molecule has 0 radical (unpaired) electrons. The van der Waals surface area contributed by atoms with Gasteiger partial charge in [0.05, 0.1) is 25.2 Å². The highest BCUT2D eigenvalue weighted by molar-refractivity contribution is 5.77. The van der Waals surface area contributed by atoms with E-state index in [4.69, 9.17) is 4.74 Å². The lowest BCUT2D eigenvalue weighted by atomic mass is 10.1. The van der Waals surface area contributed by atoms with Gasteiger partial charge in [0, 0.05) is 32.0 Å². The predicted octanol–water partition coefficient (Wildman–Crippen LogP) is 2.55. The molecule has 1 aliphatic rings. The van der Waals surface area contributed by atoms with Gasteiger partial charge in [-0.2, -0.15) is 0 Å². The van der Waals surface area contributed by atoms with Crippen molar-refractivity contribution in [2.24, 2.45) is 0 Å². The van der Waals surface area contributed by atoms with E-state index in [-0.39, 0.29) is 18.1 Å². The number of amides is 1. The first kappa shape index (κ1) is 17.6. The molecule has 1 aromatic carbocycles. The number of nitrogens with zero attached hydrogens (tertiary/aromatic N) is 2. The van der Waals surface area contributed by atoms with Gasteiger partial charge in [-0.3, -0.25) is 14.7 Å². The van der Waals surface area contributed by atoms with Gasteiger partial charge in [0.25, 0.3) is 0 Å². The number of carbonyl (C=O) groups excluding carboxylic acids is 1. The van der Waals surface area contributed by atoms with Crippen LogP contribution in [0.3, 0.4) is 0 Å². The van der Waals surface area contributed by atoms with E-state index in [1.54, 1.807) is 12.4 Å². The maximum absolute atomic E-state index is 12.3. The summed E-state index contributed by atoms with van der Waals surface area (Å²) in [5.74, 6) is 0.0166. The highest BCUT2D eigenvalue weighted by atomic mass is 16.5. The summed E-state index contributed by atoms with van der Waals surface area (Å²) in [5.41, 5.74) is 2.30. The number of benzene rings is 1. The van der Waals surface area contributed by atoms with Gasteiger partial charge in [-0.1, -0.05) is 36.4 Å². The largest absolute Gasteiger partial charge is 0.375 e. The third-order valence-corrected chi connectivity index (χ3v) is 4.45. The quantitative estimate of drug-likeness (QED) is 0.879. The molecule has 0 unspecified atom stereocenters. The summed E-state index contributed by atoms with van der Waals surface area (Å²) >= 11 is 0. The zero-order chi connectivity index (χ0) is 17.5. The predicted molar refractivity (Wildman–Crippen MR) is 96.9 cm³/mol. The average Bonchev–Trinajstić information content (AvgIpc) is 2.63. The van der Waals surface area contributed by atoms with Crippen LogP contribution < -0.4 is 5.32 Å². The molecule has 1 aliphatic heterocycles. The van der Waals surface area contributed by atoms with Crippen LogP contribution in [0.5, 0.6) is 0 Å². The molecule has 2 heterocycles. The number of aromatic nitrogens is 1. The zero-order valence-corrected chi connectivity index (χ0v) is 14.6. The van der Waals surface area contributed by atoms with Gasteiger partial charge in [-0.15, -0.1) is 0 Å². The molecular weight excluding hydrogens is 314 g/mol. The first-order valence-corrected chi connectivity index (χ1v) is 8.78. The maximum atomic E-state index is 12.3. The smallest absolute Gasteiger partial charge is 0.223 e. The van der Waals surface area contributed by atoms with Crippen LogP contribution in [0.1, 0.15) is 30.5 Å². The number of nitrogens with one attached hydrogen (secondary N) is 1. The Morgan fingerprint density at radius 3 is 2.92 bits per heavy atom. The molecule has 1 aromatic heterocycles. The lowest BCUT2D eigenvalue weighted by molar-refractivity contribution is -0.126. The summed E-state index contributed by atoms with van der Waals surface area (Å²) in [5, 5.41) is 3.03. The summed E-state index contributed by atoms with van der Waals surface area (Å²) in [6, 6.07) is 14.2. The van der Waals surface area contributed by atoms with Gasteiger partial charge in [-0.05, 0) is 24.1 Å². The van der Waals surface area contributed by atoms with E-state index >= 15 is 0 Å². The van der Waals surface area contributed by atoms with Gasteiger partial charge in [0.2, 0.25) is 5.91 Å². The van der Waals surface area contributed by atoms with Crippen molar-refractivity contribution in [3.8, 4) is 0 Å². The Morgan fingerprint density at radius 2 is 2.16 bits per heavy atom.